The first-order valence-corrected chi connectivity index (χ1v) is 8.19. The summed E-state index contributed by atoms with van der Waals surface area (Å²) in [5.74, 6) is 0.345. The standard InChI is InChI=1S/C15H29N5O2.2ClH/c1-17(2)14(21)12-19-8-10-20(11-9-19)15(22)13-18-6-3-4-16-5-7-18;;/h16H,3-13H2,1-2H3;2*1H. The fourth-order valence-corrected chi connectivity index (χ4v) is 2.84. The fraction of sp³-hybridized carbons (Fsp3) is 0.867. The van der Waals surface area contributed by atoms with Crippen LogP contribution >= 0.6 is 24.8 Å². The molecule has 0 aromatic carbocycles. The lowest BCUT2D eigenvalue weighted by atomic mass is 10.3. The highest BCUT2D eigenvalue weighted by Gasteiger charge is 2.24. The molecule has 0 unspecified atom stereocenters. The molecule has 0 radical (unpaired) electrons. The number of nitrogens with zero attached hydrogens (tertiary/aromatic N) is 4. The molecule has 142 valence electrons. The van der Waals surface area contributed by atoms with Crippen LogP contribution in [0, 0.1) is 0 Å². The zero-order valence-corrected chi connectivity index (χ0v) is 16.3. The predicted octanol–water partition coefficient (Wildman–Crippen LogP) is -0.642. The first-order valence-electron chi connectivity index (χ1n) is 8.19. The SMILES string of the molecule is CN(C)C(=O)CN1CCN(C(=O)CN2CCCNCC2)CC1.Cl.Cl. The molecule has 0 aliphatic carbocycles. The average Bonchev–Trinajstić information content (AvgIpc) is 2.76. The van der Waals surface area contributed by atoms with Crippen LogP contribution < -0.4 is 5.32 Å². The summed E-state index contributed by atoms with van der Waals surface area (Å²) in [7, 11) is 3.55. The molecule has 2 heterocycles. The van der Waals surface area contributed by atoms with Gasteiger partial charge in [-0.3, -0.25) is 19.4 Å². The molecule has 0 aromatic rings. The van der Waals surface area contributed by atoms with Gasteiger partial charge in [0.1, 0.15) is 0 Å². The van der Waals surface area contributed by atoms with E-state index in [2.05, 4.69) is 15.1 Å². The van der Waals surface area contributed by atoms with E-state index >= 15 is 0 Å². The molecule has 0 atom stereocenters. The van der Waals surface area contributed by atoms with E-state index in [-0.39, 0.29) is 36.6 Å². The van der Waals surface area contributed by atoms with Crippen molar-refractivity contribution in [2.24, 2.45) is 0 Å². The lowest BCUT2D eigenvalue weighted by molar-refractivity contribution is -0.135. The Morgan fingerprint density at radius 3 is 2.12 bits per heavy atom. The number of nitrogens with one attached hydrogen (secondary N) is 1. The van der Waals surface area contributed by atoms with Crippen LogP contribution in [0.4, 0.5) is 0 Å². The highest BCUT2D eigenvalue weighted by Crippen LogP contribution is 2.04. The maximum Gasteiger partial charge on any atom is 0.236 e. The zero-order chi connectivity index (χ0) is 15.9. The number of carbonyl (C=O) groups is 2. The van der Waals surface area contributed by atoms with Crippen LogP contribution in [0.25, 0.3) is 0 Å². The van der Waals surface area contributed by atoms with E-state index in [1.807, 2.05) is 4.90 Å². The molecule has 0 aromatic heterocycles. The molecule has 24 heavy (non-hydrogen) atoms. The topological polar surface area (TPSA) is 59.1 Å². The number of piperazine rings is 1. The van der Waals surface area contributed by atoms with Gasteiger partial charge < -0.3 is 15.1 Å². The predicted molar refractivity (Wildman–Crippen MR) is 100 cm³/mol. The van der Waals surface area contributed by atoms with E-state index in [1.165, 1.54) is 0 Å². The number of amides is 2. The quantitative estimate of drug-likeness (QED) is 0.699. The van der Waals surface area contributed by atoms with Crippen LogP contribution in [-0.2, 0) is 9.59 Å². The van der Waals surface area contributed by atoms with Crippen molar-refractivity contribution in [2.75, 3.05) is 79.5 Å². The van der Waals surface area contributed by atoms with Gasteiger partial charge in [-0.1, -0.05) is 0 Å². The number of halogens is 2. The van der Waals surface area contributed by atoms with Crippen LogP contribution in [0.2, 0.25) is 0 Å². The molecule has 7 nitrogen and oxygen atoms in total. The van der Waals surface area contributed by atoms with Gasteiger partial charge in [0.15, 0.2) is 0 Å². The van der Waals surface area contributed by atoms with Crippen molar-refractivity contribution in [1.29, 1.82) is 0 Å². The van der Waals surface area contributed by atoms with Crippen LogP contribution in [0.3, 0.4) is 0 Å². The van der Waals surface area contributed by atoms with Crippen molar-refractivity contribution in [1.82, 2.24) is 24.9 Å². The molecule has 0 saturated carbocycles. The highest BCUT2D eigenvalue weighted by molar-refractivity contribution is 5.85. The van der Waals surface area contributed by atoms with Gasteiger partial charge in [0.25, 0.3) is 0 Å². The van der Waals surface area contributed by atoms with E-state index in [0.717, 1.165) is 58.8 Å². The lowest BCUT2D eigenvalue weighted by Crippen LogP contribution is -2.53. The number of carbonyl (C=O) groups excluding carboxylic acids is 2. The monoisotopic (exact) mass is 383 g/mol. The van der Waals surface area contributed by atoms with Gasteiger partial charge in [0.2, 0.25) is 11.8 Å². The van der Waals surface area contributed by atoms with Crippen LogP contribution in [0.15, 0.2) is 0 Å². The Morgan fingerprint density at radius 1 is 0.875 bits per heavy atom. The van der Waals surface area contributed by atoms with E-state index < -0.39 is 0 Å². The Balaban J connectivity index is 0.00000264. The minimum absolute atomic E-state index is 0. The van der Waals surface area contributed by atoms with Gasteiger partial charge >= 0.3 is 0 Å². The first-order chi connectivity index (χ1) is 10.6. The Kier molecular flexibility index (Phi) is 11.6. The molecule has 1 N–H and O–H groups in total. The van der Waals surface area contributed by atoms with Gasteiger partial charge in [0.05, 0.1) is 13.1 Å². The molecule has 2 amide bonds. The summed E-state index contributed by atoms with van der Waals surface area (Å²) < 4.78 is 0. The second-order valence-corrected chi connectivity index (χ2v) is 6.32. The largest absolute Gasteiger partial charge is 0.348 e. The summed E-state index contributed by atoms with van der Waals surface area (Å²) in [5, 5.41) is 3.35. The van der Waals surface area contributed by atoms with Gasteiger partial charge in [-0.15, -0.1) is 24.8 Å². The zero-order valence-electron chi connectivity index (χ0n) is 14.7. The van der Waals surface area contributed by atoms with E-state index in [1.54, 1.807) is 19.0 Å². The van der Waals surface area contributed by atoms with Gasteiger partial charge in [-0.2, -0.15) is 0 Å². The van der Waals surface area contributed by atoms with E-state index in [9.17, 15) is 9.59 Å². The Morgan fingerprint density at radius 2 is 1.50 bits per heavy atom. The van der Waals surface area contributed by atoms with E-state index in [0.29, 0.717) is 13.1 Å². The Bertz CT molecular complexity index is 382. The summed E-state index contributed by atoms with van der Waals surface area (Å²) in [4.78, 5) is 32.0. The van der Waals surface area contributed by atoms with Crippen molar-refractivity contribution >= 4 is 36.6 Å². The third-order valence-electron chi connectivity index (χ3n) is 4.37. The molecular formula is C15H31Cl2N5O2. The molecule has 2 fully saturated rings. The molecule has 2 aliphatic heterocycles. The summed E-state index contributed by atoms with van der Waals surface area (Å²) >= 11 is 0. The van der Waals surface area contributed by atoms with Crippen LogP contribution in [0.1, 0.15) is 6.42 Å². The van der Waals surface area contributed by atoms with Gasteiger partial charge in [-0.05, 0) is 19.5 Å². The Labute approximate surface area is 157 Å². The summed E-state index contributed by atoms with van der Waals surface area (Å²) in [6.45, 7) is 7.96. The van der Waals surface area contributed by atoms with Crippen molar-refractivity contribution in [3.05, 3.63) is 0 Å². The molecular weight excluding hydrogens is 353 g/mol. The lowest BCUT2D eigenvalue weighted by Gasteiger charge is -2.35. The summed E-state index contributed by atoms with van der Waals surface area (Å²) in [6.07, 6.45) is 1.10. The second-order valence-electron chi connectivity index (χ2n) is 6.32. The number of rotatable bonds is 4. The Hall–Kier alpha value is -0.600. The van der Waals surface area contributed by atoms with Crippen molar-refractivity contribution in [3.8, 4) is 0 Å². The van der Waals surface area contributed by atoms with E-state index in [4.69, 9.17) is 0 Å². The smallest absolute Gasteiger partial charge is 0.236 e. The number of likely N-dealkylation sites (N-methyl/N-ethyl adjacent to an activating group) is 1. The maximum atomic E-state index is 12.4. The van der Waals surface area contributed by atoms with Gasteiger partial charge in [0, 0.05) is 53.4 Å². The molecule has 2 saturated heterocycles. The van der Waals surface area contributed by atoms with Crippen LogP contribution in [-0.4, -0.2) is 111 Å². The summed E-state index contributed by atoms with van der Waals surface area (Å²) in [6, 6.07) is 0. The maximum absolute atomic E-state index is 12.4. The van der Waals surface area contributed by atoms with Crippen molar-refractivity contribution in [3.63, 3.8) is 0 Å². The average molecular weight is 384 g/mol. The molecule has 0 spiro atoms. The van der Waals surface area contributed by atoms with Crippen molar-refractivity contribution in [2.45, 2.75) is 6.42 Å². The first kappa shape index (κ1) is 23.4. The van der Waals surface area contributed by atoms with Crippen LogP contribution in [0.5, 0.6) is 0 Å². The number of hydrogen-bond acceptors (Lipinski definition) is 5. The third-order valence-corrected chi connectivity index (χ3v) is 4.37. The minimum atomic E-state index is 0. The van der Waals surface area contributed by atoms with Crippen molar-refractivity contribution < 1.29 is 9.59 Å². The normalized spacial score (nSPS) is 19.7. The number of hydrogen-bond donors (Lipinski definition) is 1. The molecule has 0 bridgehead atoms. The molecule has 2 rings (SSSR count). The molecule has 2 aliphatic rings. The van der Waals surface area contributed by atoms with Gasteiger partial charge in [-0.25, -0.2) is 0 Å². The highest BCUT2D eigenvalue weighted by atomic mass is 35.5. The molecule has 9 heteroatoms. The second kappa shape index (κ2) is 11.9. The minimum Gasteiger partial charge on any atom is -0.348 e. The summed E-state index contributed by atoms with van der Waals surface area (Å²) in [5.41, 5.74) is 0. The fourth-order valence-electron chi connectivity index (χ4n) is 2.84. The third kappa shape index (κ3) is 7.53.